The van der Waals surface area contributed by atoms with E-state index >= 15 is 0 Å². The van der Waals surface area contributed by atoms with Gasteiger partial charge in [0.2, 0.25) is 5.88 Å². The number of hydrogen-bond donors (Lipinski definition) is 1. The van der Waals surface area contributed by atoms with Crippen molar-refractivity contribution in [1.82, 2.24) is 0 Å². The van der Waals surface area contributed by atoms with Gasteiger partial charge in [-0.1, -0.05) is 0 Å². The van der Waals surface area contributed by atoms with Crippen LogP contribution in [0.5, 0.6) is 0 Å². The number of furan rings is 1. The van der Waals surface area contributed by atoms with Crippen LogP contribution in [0, 0.1) is 11.3 Å². The zero-order valence-corrected chi connectivity index (χ0v) is 4.09. The Morgan fingerprint density at radius 1 is 1.75 bits per heavy atom. The minimum Gasteiger partial charge on any atom is -0.448 e. The molecule has 0 bridgehead atoms. The number of anilines is 1. The fraction of sp³-hybridized carbons (Fsp3) is 0. The Hall–Kier alpha value is -1.43. The van der Waals surface area contributed by atoms with E-state index in [2.05, 4.69) is 4.42 Å². The van der Waals surface area contributed by atoms with Crippen molar-refractivity contribution >= 4 is 5.88 Å². The highest BCUT2D eigenvalue weighted by Gasteiger charge is 1.96. The Bertz CT molecular complexity index is 221. The van der Waals surface area contributed by atoms with Crippen LogP contribution in [0.25, 0.3) is 0 Å². The van der Waals surface area contributed by atoms with Crippen molar-refractivity contribution in [3.05, 3.63) is 17.9 Å². The lowest BCUT2D eigenvalue weighted by atomic mass is 10.4. The van der Waals surface area contributed by atoms with Gasteiger partial charge in [-0.25, -0.2) is 0 Å². The molecule has 1 aromatic rings. The summed E-state index contributed by atoms with van der Waals surface area (Å²) in [7, 11) is 0. The molecule has 0 unspecified atom stereocenters. The van der Waals surface area contributed by atoms with Crippen molar-refractivity contribution < 1.29 is 4.42 Å². The molecule has 40 valence electrons. The molecule has 0 radical (unpaired) electrons. The average molecular weight is 108 g/mol. The van der Waals surface area contributed by atoms with Crippen molar-refractivity contribution in [2.45, 2.75) is 0 Å². The molecule has 1 aromatic heterocycles. The van der Waals surface area contributed by atoms with Crippen LogP contribution in [0.15, 0.2) is 16.7 Å². The topological polar surface area (TPSA) is 63.0 Å². The molecule has 0 amide bonds. The lowest BCUT2D eigenvalue weighted by Crippen LogP contribution is -1.81. The van der Waals surface area contributed by atoms with Gasteiger partial charge in [-0.15, -0.1) is 0 Å². The fourth-order valence-corrected chi connectivity index (χ4v) is 0.413. The largest absolute Gasteiger partial charge is 0.448 e. The van der Waals surface area contributed by atoms with Gasteiger partial charge in [-0.3, -0.25) is 0 Å². The Kier molecular flexibility index (Phi) is 0.935. The van der Waals surface area contributed by atoms with Gasteiger partial charge >= 0.3 is 0 Å². The van der Waals surface area contributed by atoms with Crippen molar-refractivity contribution in [3.8, 4) is 6.07 Å². The van der Waals surface area contributed by atoms with E-state index < -0.39 is 0 Å². The number of hydrogen-bond acceptors (Lipinski definition) is 3. The van der Waals surface area contributed by atoms with Crippen LogP contribution in [-0.2, 0) is 0 Å². The highest BCUT2D eigenvalue weighted by Crippen LogP contribution is 2.08. The van der Waals surface area contributed by atoms with Crippen LogP contribution in [0.2, 0.25) is 0 Å². The zero-order valence-electron chi connectivity index (χ0n) is 4.09. The second-order valence-electron chi connectivity index (χ2n) is 1.31. The standard InChI is InChI=1S/C5H4N2O/c6-3-4-1-2-8-5(4)7/h1-2H,7H2. The van der Waals surface area contributed by atoms with Gasteiger partial charge in [0.1, 0.15) is 11.6 Å². The second kappa shape index (κ2) is 1.58. The van der Waals surface area contributed by atoms with Gasteiger partial charge in [0, 0.05) is 0 Å². The first kappa shape index (κ1) is 4.72. The molecule has 0 aromatic carbocycles. The molecule has 0 aliphatic rings. The minimum absolute atomic E-state index is 0.188. The third kappa shape index (κ3) is 0.521. The summed E-state index contributed by atoms with van der Waals surface area (Å²) in [6.07, 6.45) is 1.38. The first-order chi connectivity index (χ1) is 3.84. The lowest BCUT2D eigenvalue weighted by Gasteiger charge is -1.77. The van der Waals surface area contributed by atoms with Gasteiger partial charge in [-0.2, -0.15) is 5.26 Å². The van der Waals surface area contributed by atoms with E-state index in [4.69, 9.17) is 11.0 Å². The van der Waals surface area contributed by atoms with Gasteiger partial charge in [0.25, 0.3) is 0 Å². The smallest absolute Gasteiger partial charge is 0.208 e. The van der Waals surface area contributed by atoms with Crippen molar-refractivity contribution in [2.75, 3.05) is 5.73 Å². The molecule has 0 saturated heterocycles. The van der Waals surface area contributed by atoms with E-state index in [1.807, 2.05) is 6.07 Å². The monoisotopic (exact) mass is 108 g/mol. The number of nitrogens with zero attached hydrogens (tertiary/aromatic N) is 1. The molecule has 0 aliphatic heterocycles. The molecule has 0 atom stereocenters. The fourth-order valence-electron chi connectivity index (χ4n) is 0.413. The number of nitrogens with two attached hydrogens (primary N) is 1. The third-order valence-electron chi connectivity index (χ3n) is 0.816. The second-order valence-corrected chi connectivity index (χ2v) is 1.31. The molecule has 0 spiro atoms. The average Bonchev–Trinajstić information content (AvgIpc) is 2.14. The summed E-state index contributed by atoms with van der Waals surface area (Å²) in [5, 5.41) is 8.22. The van der Waals surface area contributed by atoms with E-state index in [0.717, 1.165) is 0 Å². The summed E-state index contributed by atoms with van der Waals surface area (Å²) in [5.74, 6) is 0.188. The summed E-state index contributed by atoms with van der Waals surface area (Å²) in [4.78, 5) is 0. The molecule has 1 heterocycles. The molecule has 3 heteroatoms. The molecule has 0 saturated carbocycles. The molecule has 3 nitrogen and oxygen atoms in total. The van der Waals surface area contributed by atoms with E-state index in [-0.39, 0.29) is 5.88 Å². The molecule has 0 fully saturated rings. The predicted molar refractivity (Wildman–Crippen MR) is 27.8 cm³/mol. The normalized spacial score (nSPS) is 8.38. The lowest BCUT2D eigenvalue weighted by molar-refractivity contribution is 0.587. The van der Waals surface area contributed by atoms with Crippen LogP contribution in [-0.4, -0.2) is 0 Å². The van der Waals surface area contributed by atoms with Crippen LogP contribution in [0.3, 0.4) is 0 Å². The summed E-state index contributed by atoms with van der Waals surface area (Å²) in [5.41, 5.74) is 5.56. The minimum atomic E-state index is 0.188. The Balaban J connectivity index is 3.15. The van der Waals surface area contributed by atoms with E-state index in [1.54, 1.807) is 0 Å². The maximum atomic E-state index is 8.22. The highest BCUT2D eigenvalue weighted by atomic mass is 16.3. The van der Waals surface area contributed by atoms with Crippen LogP contribution >= 0.6 is 0 Å². The SMILES string of the molecule is N#Cc1ccoc1N. The number of rotatable bonds is 0. The maximum absolute atomic E-state index is 8.22. The first-order valence-corrected chi connectivity index (χ1v) is 2.07. The number of nitrogen functional groups attached to an aromatic ring is 1. The molecule has 8 heavy (non-hydrogen) atoms. The highest BCUT2D eigenvalue weighted by molar-refractivity contribution is 5.44. The summed E-state index contributed by atoms with van der Waals surface area (Å²) >= 11 is 0. The van der Waals surface area contributed by atoms with Crippen molar-refractivity contribution in [1.29, 1.82) is 5.26 Å². The van der Waals surface area contributed by atoms with Crippen LogP contribution < -0.4 is 5.73 Å². The first-order valence-electron chi connectivity index (χ1n) is 2.07. The summed E-state index contributed by atoms with van der Waals surface area (Å²) in [6.45, 7) is 0. The summed E-state index contributed by atoms with van der Waals surface area (Å²) < 4.78 is 4.61. The zero-order chi connectivity index (χ0) is 5.98. The van der Waals surface area contributed by atoms with E-state index in [0.29, 0.717) is 5.56 Å². The Morgan fingerprint density at radius 2 is 2.50 bits per heavy atom. The van der Waals surface area contributed by atoms with Crippen LogP contribution in [0.1, 0.15) is 5.56 Å². The molecular weight excluding hydrogens is 104 g/mol. The Labute approximate surface area is 46.3 Å². The van der Waals surface area contributed by atoms with Gasteiger partial charge in [0.15, 0.2) is 0 Å². The number of nitriles is 1. The van der Waals surface area contributed by atoms with Crippen molar-refractivity contribution in [3.63, 3.8) is 0 Å². The van der Waals surface area contributed by atoms with E-state index in [9.17, 15) is 0 Å². The predicted octanol–water partition coefficient (Wildman–Crippen LogP) is 0.733. The van der Waals surface area contributed by atoms with Gasteiger partial charge in [-0.05, 0) is 6.07 Å². The van der Waals surface area contributed by atoms with Crippen molar-refractivity contribution in [2.24, 2.45) is 0 Å². The quantitative estimate of drug-likeness (QED) is 0.533. The summed E-state index contributed by atoms with van der Waals surface area (Å²) in [6, 6.07) is 3.38. The van der Waals surface area contributed by atoms with Crippen LogP contribution in [0.4, 0.5) is 5.88 Å². The molecular formula is C5H4N2O. The van der Waals surface area contributed by atoms with Gasteiger partial charge < -0.3 is 10.2 Å². The molecule has 2 N–H and O–H groups in total. The Morgan fingerprint density at radius 3 is 2.75 bits per heavy atom. The molecule has 0 aliphatic carbocycles. The van der Waals surface area contributed by atoms with Gasteiger partial charge in [0.05, 0.1) is 6.26 Å². The maximum Gasteiger partial charge on any atom is 0.208 e. The molecule has 1 rings (SSSR count). The van der Waals surface area contributed by atoms with E-state index in [1.165, 1.54) is 12.3 Å². The third-order valence-corrected chi connectivity index (χ3v) is 0.816.